The summed E-state index contributed by atoms with van der Waals surface area (Å²) in [6, 6.07) is 9.85. The standard InChI is InChI=1S/C18H25N3O3S/c1-13(2)15-16(22)21(12-14-6-4-3-5-7-14)18(19-15)8-10-20(11-9-18)25-17(23)24/h3-7,13,15,19H,8-12H2,1-2H3,(H,23,24). The summed E-state index contributed by atoms with van der Waals surface area (Å²) in [5.41, 5.74) is 0.737. The molecule has 2 saturated heterocycles. The lowest BCUT2D eigenvalue weighted by atomic mass is 9.96. The Hall–Kier alpha value is -1.57. The number of carbonyl (C=O) groups is 2. The van der Waals surface area contributed by atoms with Crippen molar-refractivity contribution in [3.05, 3.63) is 35.9 Å². The molecule has 1 spiro atoms. The number of rotatable bonds is 4. The predicted octanol–water partition coefficient (Wildman–Crippen LogP) is 2.76. The molecule has 25 heavy (non-hydrogen) atoms. The van der Waals surface area contributed by atoms with E-state index in [4.69, 9.17) is 5.11 Å². The molecule has 1 atom stereocenters. The van der Waals surface area contributed by atoms with E-state index in [0.717, 1.165) is 30.4 Å². The molecule has 1 amide bonds. The summed E-state index contributed by atoms with van der Waals surface area (Å²) < 4.78 is 1.86. The molecular formula is C18H25N3O3S. The number of nitrogens with one attached hydrogen (secondary N) is 1. The highest BCUT2D eigenvalue weighted by Crippen LogP contribution is 2.36. The highest BCUT2D eigenvalue weighted by Gasteiger charge is 2.52. The SMILES string of the molecule is CC(C)C1NC2(CCN(SC(=O)O)CC2)N(Cc2ccccc2)C1=O. The lowest BCUT2D eigenvalue weighted by molar-refractivity contribution is -0.134. The minimum Gasteiger partial charge on any atom is -0.472 e. The maximum atomic E-state index is 13.0. The summed E-state index contributed by atoms with van der Waals surface area (Å²) in [5, 5.41) is 11.7. The Labute approximate surface area is 152 Å². The van der Waals surface area contributed by atoms with Gasteiger partial charge in [0.05, 0.1) is 11.7 Å². The van der Waals surface area contributed by atoms with Gasteiger partial charge in [0.15, 0.2) is 0 Å². The molecule has 1 aromatic rings. The average Bonchev–Trinajstić information content (AvgIpc) is 2.84. The molecule has 136 valence electrons. The largest absolute Gasteiger partial charge is 0.472 e. The zero-order valence-corrected chi connectivity index (χ0v) is 15.5. The summed E-state index contributed by atoms with van der Waals surface area (Å²) in [4.78, 5) is 25.9. The van der Waals surface area contributed by atoms with Crippen molar-refractivity contribution >= 4 is 23.2 Å². The summed E-state index contributed by atoms with van der Waals surface area (Å²) in [6.45, 7) is 6.00. The first kappa shape index (κ1) is 18.2. The molecule has 2 aliphatic rings. The number of piperidine rings is 1. The molecule has 0 radical (unpaired) electrons. The number of amides is 1. The second-order valence-electron chi connectivity index (χ2n) is 7.09. The van der Waals surface area contributed by atoms with E-state index in [1.54, 1.807) is 0 Å². The Bertz CT molecular complexity index is 630. The van der Waals surface area contributed by atoms with Crippen LogP contribution in [0.3, 0.4) is 0 Å². The van der Waals surface area contributed by atoms with Gasteiger partial charge >= 0.3 is 5.30 Å². The third kappa shape index (κ3) is 3.83. The fraction of sp³-hybridized carbons (Fsp3) is 0.556. The Morgan fingerprint density at radius 2 is 1.96 bits per heavy atom. The van der Waals surface area contributed by atoms with Crippen LogP contribution in [0.2, 0.25) is 0 Å². The maximum Gasteiger partial charge on any atom is 0.380 e. The monoisotopic (exact) mass is 363 g/mol. The fourth-order valence-corrected chi connectivity index (χ4v) is 4.31. The summed E-state index contributed by atoms with van der Waals surface area (Å²) in [5.74, 6) is 0.370. The smallest absolute Gasteiger partial charge is 0.380 e. The van der Waals surface area contributed by atoms with Crippen LogP contribution in [0.5, 0.6) is 0 Å². The average molecular weight is 363 g/mol. The highest BCUT2D eigenvalue weighted by molar-refractivity contribution is 8.11. The molecule has 7 heteroatoms. The van der Waals surface area contributed by atoms with Crippen LogP contribution in [0.25, 0.3) is 0 Å². The van der Waals surface area contributed by atoms with Gasteiger partial charge in [-0.2, -0.15) is 0 Å². The van der Waals surface area contributed by atoms with E-state index in [1.807, 2.05) is 39.5 Å². The molecule has 2 N–H and O–H groups in total. The van der Waals surface area contributed by atoms with Crippen molar-refractivity contribution in [3.8, 4) is 0 Å². The molecule has 0 saturated carbocycles. The zero-order valence-electron chi connectivity index (χ0n) is 14.6. The lowest BCUT2D eigenvalue weighted by Gasteiger charge is -2.44. The topological polar surface area (TPSA) is 72.9 Å². The number of hydrogen-bond donors (Lipinski definition) is 2. The van der Waals surface area contributed by atoms with Crippen molar-refractivity contribution in [2.75, 3.05) is 13.1 Å². The van der Waals surface area contributed by atoms with E-state index in [1.165, 1.54) is 0 Å². The molecule has 2 heterocycles. The first-order chi connectivity index (χ1) is 11.9. The van der Waals surface area contributed by atoms with E-state index in [-0.39, 0.29) is 23.5 Å². The van der Waals surface area contributed by atoms with Gasteiger partial charge in [0, 0.05) is 31.6 Å². The van der Waals surface area contributed by atoms with Crippen molar-refractivity contribution < 1.29 is 14.7 Å². The lowest BCUT2D eigenvalue weighted by Crippen LogP contribution is -2.58. The van der Waals surface area contributed by atoms with Crippen molar-refractivity contribution in [1.82, 2.24) is 14.5 Å². The van der Waals surface area contributed by atoms with Gasteiger partial charge in [0.25, 0.3) is 0 Å². The van der Waals surface area contributed by atoms with E-state index < -0.39 is 5.30 Å². The number of nitrogens with zero attached hydrogens (tertiary/aromatic N) is 2. The van der Waals surface area contributed by atoms with E-state index in [0.29, 0.717) is 19.6 Å². The van der Waals surface area contributed by atoms with Crippen LogP contribution in [0.1, 0.15) is 32.3 Å². The predicted molar refractivity (Wildman–Crippen MR) is 97.9 cm³/mol. The van der Waals surface area contributed by atoms with Crippen molar-refractivity contribution in [3.63, 3.8) is 0 Å². The first-order valence-electron chi connectivity index (χ1n) is 8.70. The Morgan fingerprint density at radius 1 is 1.32 bits per heavy atom. The first-order valence-corrected chi connectivity index (χ1v) is 9.47. The Kier molecular flexibility index (Phi) is 5.36. The second kappa shape index (κ2) is 7.35. The number of hydrogen-bond acceptors (Lipinski definition) is 5. The number of benzene rings is 1. The molecule has 0 bridgehead atoms. The van der Waals surface area contributed by atoms with Gasteiger partial charge in [-0.15, -0.1) is 0 Å². The molecule has 3 rings (SSSR count). The highest BCUT2D eigenvalue weighted by atomic mass is 32.2. The van der Waals surface area contributed by atoms with Crippen LogP contribution in [0.4, 0.5) is 4.79 Å². The van der Waals surface area contributed by atoms with Crippen LogP contribution in [-0.2, 0) is 11.3 Å². The van der Waals surface area contributed by atoms with Gasteiger partial charge in [0.2, 0.25) is 5.91 Å². The molecule has 0 aromatic heterocycles. The zero-order chi connectivity index (χ0) is 18.0. The van der Waals surface area contributed by atoms with Crippen LogP contribution >= 0.6 is 11.9 Å². The molecule has 2 aliphatic heterocycles. The molecule has 1 unspecified atom stereocenters. The molecule has 1 aromatic carbocycles. The van der Waals surface area contributed by atoms with Gasteiger partial charge in [-0.1, -0.05) is 44.2 Å². The molecule has 6 nitrogen and oxygen atoms in total. The van der Waals surface area contributed by atoms with Gasteiger partial charge in [-0.25, -0.2) is 9.10 Å². The summed E-state index contributed by atoms with van der Waals surface area (Å²) in [7, 11) is 0. The molecule has 0 aliphatic carbocycles. The van der Waals surface area contributed by atoms with E-state index in [9.17, 15) is 9.59 Å². The molecule has 2 fully saturated rings. The second-order valence-corrected chi connectivity index (χ2v) is 8.14. The van der Waals surface area contributed by atoms with Crippen molar-refractivity contribution in [1.29, 1.82) is 0 Å². The van der Waals surface area contributed by atoms with Gasteiger partial charge < -0.3 is 10.0 Å². The van der Waals surface area contributed by atoms with Gasteiger partial charge in [-0.3, -0.25) is 10.1 Å². The summed E-state index contributed by atoms with van der Waals surface area (Å²) in [6.07, 6.45) is 1.46. The van der Waals surface area contributed by atoms with Crippen molar-refractivity contribution in [2.24, 2.45) is 5.92 Å². The number of carboxylic acid groups (broad SMARTS) is 1. The normalized spacial score (nSPS) is 23.6. The Morgan fingerprint density at radius 3 is 2.52 bits per heavy atom. The van der Waals surface area contributed by atoms with Crippen LogP contribution < -0.4 is 5.32 Å². The van der Waals surface area contributed by atoms with Crippen LogP contribution in [0, 0.1) is 5.92 Å². The van der Waals surface area contributed by atoms with E-state index >= 15 is 0 Å². The third-order valence-electron chi connectivity index (χ3n) is 5.08. The fourth-order valence-electron chi connectivity index (χ4n) is 3.73. The van der Waals surface area contributed by atoms with Crippen LogP contribution in [-0.4, -0.2) is 50.3 Å². The summed E-state index contributed by atoms with van der Waals surface area (Å²) >= 11 is 0.849. The van der Waals surface area contributed by atoms with Gasteiger partial charge in [0.1, 0.15) is 0 Å². The third-order valence-corrected chi connectivity index (χ3v) is 5.86. The van der Waals surface area contributed by atoms with Gasteiger partial charge in [-0.05, 0) is 24.3 Å². The number of carbonyl (C=O) groups excluding carboxylic acids is 1. The maximum absolute atomic E-state index is 13.0. The minimum atomic E-state index is -0.882. The van der Waals surface area contributed by atoms with E-state index in [2.05, 4.69) is 19.2 Å². The minimum absolute atomic E-state index is 0.151. The van der Waals surface area contributed by atoms with Crippen molar-refractivity contribution in [2.45, 2.75) is 44.9 Å². The quantitative estimate of drug-likeness (QED) is 0.802. The Balaban J connectivity index is 1.80. The molecular weight excluding hydrogens is 338 g/mol. The van der Waals surface area contributed by atoms with Crippen LogP contribution in [0.15, 0.2) is 30.3 Å².